The van der Waals surface area contributed by atoms with Crippen molar-refractivity contribution < 1.29 is 19.5 Å². The minimum atomic E-state index is -0.847. The third kappa shape index (κ3) is 9.23. The fourth-order valence-corrected chi connectivity index (χ4v) is 4.91. The highest BCUT2D eigenvalue weighted by Crippen LogP contribution is 2.22. The highest BCUT2D eigenvalue weighted by molar-refractivity contribution is 6.00. The van der Waals surface area contributed by atoms with Crippen molar-refractivity contribution in [3.05, 3.63) is 34.9 Å². The number of hydrogen-bond donors (Lipinski definition) is 3. The maximum atomic E-state index is 13.3. The van der Waals surface area contributed by atoms with E-state index < -0.39 is 12.1 Å². The second kappa shape index (κ2) is 15.0. The van der Waals surface area contributed by atoms with E-state index in [0.29, 0.717) is 43.1 Å². The number of rotatable bonds is 8. The Kier molecular flexibility index (Phi) is 12.4. The minimum absolute atomic E-state index is 0.0574. The van der Waals surface area contributed by atoms with Crippen molar-refractivity contribution in [2.24, 2.45) is 11.8 Å². The number of aliphatic hydroxyl groups is 1. The molecule has 3 N–H and O–H groups in total. The van der Waals surface area contributed by atoms with E-state index in [1.165, 1.54) is 0 Å². The SMILES string of the molecule is CCCCNC(=O)[C@H](C)C[C@H](O)[C@@H]1C[C@H](C)CCCCCN(CC)C(=O)c2cc(C)cc(c2)C(=O)N1. The van der Waals surface area contributed by atoms with Gasteiger partial charge >= 0.3 is 0 Å². The predicted molar refractivity (Wildman–Crippen MR) is 144 cm³/mol. The molecule has 1 aliphatic heterocycles. The molecule has 0 fully saturated rings. The van der Waals surface area contributed by atoms with Crippen LogP contribution in [0.5, 0.6) is 0 Å². The number of fused-ring (bicyclic) bond motifs is 2. The zero-order valence-corrected chi connectivity index (χ0v) is 22.9. The van der Waals surface area contributed by atoms with Crippen molar-refractivity contribution in [1.82, 2.24) is 15.5 Å². The summed E-state index contributed by atoms with van der Waals surface area (Å²) in [5.41, 5.74) is 1.77. The van der Waals surface area contributed by atoms with Gasteiger partial charge in [-0.05, 0) is 69.2 Å². The van der Waals surface area contributed by atoms with Crippen LogP contribution < -0.4 is 10.6 Å². The molecule has 0 saturated heterocycles. The molecule has 36 heavy (non-hydrogen) atoms. The Morgan fingerprint density at radius 3 is 2.58 bits per heavy atom. The highest BCUT2D eigenvalue weighted by atomic mass is 16.3. The number of unbranched alkanes of at least 4 members (excludes halogenated alkanes) is 1. The highest BCUT2D eigenvalue weighted by Gasteiger charge is 2.28. The minimum Gasteiger partial charge on any atom is -0.391 e. The van der Waals surface area contributed by atoms with Gasteiger partial charge in [-0.3, -0.25) is 14.4 Å². The fraction of sp³-hybridized carbons (Fsp3) is 0.690. The molecule has 2 rings (SSSR count). The fourth-order valence-electron chi connectivity index (χ4n) is 4.91. The predicted octanol–water partition coefficient (Wildman–Crippen LogP) is 4.46. The van der Waals surface area contributed by atoms with Gasteiger partial charge in [0.1, 0.15) is 0 Å². The van der Waals surface area contributed by atoms with E-state index in [1.54, 1.807) is 12.1 Å². The summed E-state index contributed by atoms with van der Waals surface area (Å²) in [6.07, 6.45) is 5.99. The van der Waals surface area contributed by atoms with Gasteiger partial charge in [-0.25, -0.2) is 0 Å². The van der Waals surface area contributed by atoms with E-state index in [-0.39, 0.29) is 30.1 Å². The Morgan fingerprint density at radius 1 is 1.17 bits per heavy atom. The lowest BCUT2D eigenvalue weighted by atomic mass is 9.89. The van der Waals surface area contributed by atoms with Crippen LogP contribution in [0.3, 0.4) is 0 Å². The number of hydrogen-bond acceptors (Lipinski definition) is 4. The van der Waals surface area contributed by atoms with Gasteiger partial charge in [0.05, 0.1) is 12.1 Å². The van der Waals surface area contributed by atoms with E-state index >= 15 is 0 Å². The summed E-state index contributed by atoms with van der Waals surface area (Å²) in [4.78, 5) is 40.8. The molecular formula is C29H47N3O4. The van der Waals surface area contributed by atoms with Crippen LogP contribution in [0.25, 0.3) is 0 Å². The summed E-state index contributed by atoms with van der Waals surface area (Å²) >= 11 is 0. The number of nitrogens with zero attached hydrogens (tertiary/aromatic N) is 1. The molecule has 1 aromatic rings. The van der Waals surface area contributed by atoms with Crippen LogP contribution in [0.2, 0.25) is 0 Å². The van der Waals surface area contributed by atoms with E-state index in [4.69, 9.17) is 0 Å². The van der Waals surface area contributed by atoms with Crippen LogP contribution in [0.15, 0.2) is 18.2 Å². The van der Waals surface area contributed by atoms with Gasteiger partial charge < -0.3 is 20.6 Å². The van der Waals surface area contributed by atoms with E-state index in [9.17, 15) is 19.5 Å². The Hall–Kier alpha value is -2.41. The molecule has 1 aliphatic rings. The van der Waals surface area contributed by atoms with E-state index in [2.05, 4.69) is 24.5 Å². The first-order valence-electron chi connectivity index (χ1n) is 13.8. The van der Waals surface area contributed by atoms with Crippen LogP contribution in [-0.2, 0) is 4.79 Å². The number of aryl methyl sites for hydroxylation is 1. The maximum absolute atomic E-state index is 13.3. The summed E-state index contributed by atoms with van der Waals surface area (Å²) in [7, 11) is 0. The van der Waals surface area contributed by atoms with E-state index in [1.807, 2.05) is 31.7 Å². The van der Waals surface area contributed by atoms with Crippen LogP contribution >= 0.6 is 0 Å². The molecule has 4 atom stereocenters. The van der Waals surface area contributed by atoms with Crippen molar-refractivity contribution >= 4 is 17.7 Å². The monoisotopic (exact) mass is 501 g/mol. The van der Waals surface area contributed by atoms with Gasteiger partial charge in [-0.1, -0.05) is 46.5 Å². The molecule has 3 amide bonds. The van der Waals surface area contributed by atoms with Gasteiger partial charge in [0, 0.05) is 36.7 Å². The number of carbonyl (C=O) groups is 3. The van der Waals surface area contributed by atoms with Crippen molar-refractivity contribution in [3.8, 4) is 0 Å². The normalized spacial score (nSPS) is 21.7. The lowest BCUT2D eigenvalue weighted by molar-refractivity contribution is -0.125. The molecule has 2 bridgehead atoms. The Morgan fingerprint density at radius 2 is 1.89 bits per heavy atom. The number of amides is 3. The molecule has 0 spiro atoms. The molecule has 1 heterocycles. The molecule has 0 aromatic heterocycles. The molecule has 202 valence electrons. The average Bonchev–Trinajstić information content (AvgIpc) is 2.84. The summed E-state index contributed by atoms with van der Waals surface area (Å²) in [5.74, 6) is -0.481. The Bertz CT molecular complexity index is 872. The summed E-state index contributed by atoms with van der Waals surface area (Å²) in [5, 5.41) is 17.1. The van der Waals surface area contributed by atoms with Gasteiger partial charge in [0.15, 0.2) is 0 Å². The summed E-state index contributed by atoms with van der Waals surface area (Å²) < 4.78 is 0. The second-order valence-corrected chi connectivity index (χ2v) is 10.6. The molecular weight excluding hydrogens is 454 g/mol. The number of nitrogens with one attached hydrogen (secondary N) is 2. The first kappa shape index (κ1) is 29.8. The smallest absolute Gasteiger partial charge is 0.253 e. The number of benzene rings is 1. The van der Waals surface area contributed by atoms with Crippen molar-refractivity contribution in [2.75, 3.05) is 19.6 Å². The first-order chi connectivity index (χ1) is 17.2. The summed E-state index contributed by atoms with van der Waals surface area (Å²) in [6, 6.07) is 4.78. The third-order valence-electron chi connectivity index (χ3n) is 7.19. The molecule has 7 nitrogen and oxygen atoms in total. The summed E-state index contributed by atoms with van der Waals surface area (Å²) in [6.45, 7) is 11.9. The zero-order chi connectivity index (χ0) is 26.7. The van der Waals surface area contributed by atoms with Crippen LogP contribution in [0.1, 0.15) is 105 Å². The van der Waals surface area contributed by atoms with Crippen molar-refractivity contribution in [2.45, 2.75) is 98.1 Å². The largest absolute Gasteiger partial charge is 0.391 e. The number of carbonyl (C=O) groups excluding carboxylic acids is 3. The molecule has 7 heteroatoms. The standard InChI is InChI=1S/C29H47N3O4/c1-6-8-13-30-27(34)22(5)18-26(33)25-17-20(3)12-10-9-11-14-32(7-2)29(36)24-16-21(4)15-23(19-24)28(35)31-25/h15-16,19-20,22,25-26,33H,6-14,17-18H2,1-5H3,(H,30,34)(H,31,35)/t20-,22-,25+,26+/m1/s1. The molecule has 0 aliphatic carbocycles. The topological polar surface area (TPSA) is 98.7 Å². The van der Waals surface area contributed by atoms with E-state index in [0.717, 1.165) is 44.1 Å². The third-order valence-corrected chi connectivity index (χ3v) is 7.19. The van der Waals surface area contributed by atoms with Gasteiger partial charge in [0.25, 0.3) is 11.8 Å². The molecule has 1 aromatic carbocycles. The number of aliphatic hydroxyl groups excluding tert-OH is 1. The first-order valence-corrected chi connectivity index (χ1v) is 13.8. The second-order valence-electron chi connectivity index (χ2n) is 10.6. The molecule has 0 radical (unpaired) electrons. The zero-order valence-electron chi connectivity index (χ0n) is 22.9. The van der Waals surface area contributed by atoms with Gasteiger partial charge in [0.2, 0.25) is 5.91 Å². The van der Waals surface area contributed by atoms with Gasteiger partial charge in [-0.15, -0.1) is 0 Å². The lowest BCUT2D eigenvalue weighted by Crippen LogP contribution is -2.46. The van der Waals surface area contributed by atoms with Crippen LogP contribution in [0.4, 0.5) is 0 Å². The Labute approximate surface area is 217 Å². The van der Waals surface area contributed by atoms with Crippen LogP contribution in [-0.4, -0.2) is 59.5 Å². The maximum Gasteiger partial charge on any atom is 0.253 e. The lowest BCUT2D eigenvalue weighted by Gasteiger charge is -2.28. The van der Waals surface area contributed by atoms with Crippen LogP contribution in [0, 0.1) is 18.8 Å². The quantitative estimate of drug-likeness (QED) is 0.458. The van der Waals surface area contributed by atoms with Gasteiger partial charge in [-0.2, -0.15) is 0 Å². The molecule has 0 unspecified atom stereocenters. The van der Waals surface area contributed by atoms with Crippen molar-refractivity contribution in [1.29, 1.82) is 0 Å². The average molecular weight is 502 g/mol. The Balaban J connectivity index is 2.25. The molecule has 0 saturated carbocycles. The van der Waals surface area contributed by atoms with Crippen molar-refractivity contribution in [3.63, 3.8) is 0 Å².